The lowest BCUT2D eigenvalue weighted by Crippen LogP contribution is -2.22. The van der Waals surface area contributed by atoms with Crippen LogP contribution in [0, 0.1) is 0 Å². The van der Waals surface area contributed by atoms with Gasteiger partial charge in [0.2, 0.25) is 0 Å². The van der Waals surface area contributed by atoms with Crippen molar-refractivity contribution in [3.8, 4) is 0 Å². The van der Waals surface area contributed by atoms with Gasteiger partial charge in [0.05, 0.1) is 6.54 Å². The van der Waals surface area contributed by atoms with Crippen molar-refractivity contribution < 1.29 is 0 Å². The summed E-state index contributed by atoms with van der Waals surface area (Å²) in [6.45, 7) is 5.46. The normalized spacial score (nSPS) is 15.0. The second-order valence-corrected chi connectivity index (χ2v) is 3.94. The zero-order valence-electron chi connectivity index (χ0n) is 9.50. The summed E-state index contributed by atoms with van der Waals surface area (Å²) in [6, 6.07) is 0. The molecule has 1 heterocycles. The van der Waals surface area contributed by atoms with E-state index in [4.69, 9.17) is 0 Å². The molecule has 2 heteroatoms. The lowest BCUT2D eigenvalue weighted by atomic mass is 10.1. The van der Waals surface area contributed by atoms with Crippen molar-refractivity contribution in [2.75, 3.05) is 6.54 Å². The number of hydrogen-bond donors (Lipinski definition) is 0. The molecule has 0 atom stereocenters. The fraction of sp³-hybridized carbons (Fsp3) is 0.750. The summed E-state index contributed by atoms with van der Waals surface area (Å²) in [5, 5.41) is 0. The van der Waals surface area contributed by atoms with Gasteiger partial charge in [-0.1, -0.05) is 37.6 Å². The number of aliphatic imine (C=N–C) groups is 1. The minimum Gasteiger partial charge on any atom is -0.231 e. The van der Waals surface area contributed by atoms with Crippen LogP contribution < -0.4 is 4.99 Å². The van der Waals surface area contributed by atoms with Gasteiger partial charge in [-0.3, -0.25) is 0 Å². The van der Waals surface area contributed by atoms with Crippen molar-refractivity contribution in [1.29, 1.82) is 0 Å². The molecule has 14 heavy (non-hydrogen) atoms. The van der Waals surface area contributed by atoms with Crippen LogP contribution in [0.5, 0.6) is 0 Å². The summed E-state index contributed by atoms with van der Waals surface area (Å²) in [5.41, 5.74) is 0. The van der Waals surface area contributed by atoms with Gasteiger partial charge < -0.3 is 0 Å². The Balaban J connectivity index is 1.94. The highest BCUT2D eigenvalue weighted by Gasteiger charge is 2.16. The molecule has 0 aromatic carbocycles. The zero-order chi connectivity index (χ0) is 10.2. The molecule has 1 radical (unpaired) electrons. The lowest BCUT2D eigenvalue weighted by molar-refractivity contribution is 0.504. The molecule has 0 saturated heterocycles. The van der Waals surface area contributed by atoms with Crippen LogP contribution in [0.25, 0.3) is 0 Å². The van der Waals surface area contributed by atoms with Crippen molar-refractivity contribution in [2.45, 2.75) is 52.4 Å². The highest BCUT2D eigenvalue weighted by Crippen LogP contribution is 2.07. The first-order chi connectivity index (χ1) is 6.84. The molecule has 0 unspecified atom stereocenters. The second kappa shape index (κ2) is 6.63. The average Bonchev–Trinajstić information content (AvgIpc) is 2.58. The van der Waals surface area contributed by atoms with Crippen molar-refractivity contribution in [3.63, 3.8) is 0 Å². The quantitative estimate of drug-likeness (QED) is 0.570. The topological polar surface area (TPSA) is 17.3 Å². The van der Waals surface area contributed by atoms with Gasteiger partial charge in [0.25, 0.3) is 5.84 Å². The molecule has 0 aromatic heterocycles. The van der Waals surface area contributed by atoms with E-state index in [9.17, 15) is 0 Å². The smallest absolute Gasteiger partial charge is 0.231 e. The van der Waals surface area contributed by atoms with E-state index >= 15 is 0 Å². The van der Waals surface area contributed by atoms with Crippen LogP contribution >= 0.6 is 0 Å². The van der Waals surface area contributed by atoms with Gasteiger partial charge in [-0.2, -0.15) is 0 Å². The Hall–Kier alpha value is -0.790. The first-order valence-corrected chi connectivity index (χ1v) is 5.82. The third-order valence-electron chi connectivity index (χ3n) is 2.68. The monoisotopic (exact) mass is 194 g/mol. The van der Waals surface area contributed by atoms with E-state index in [2.05, 4.69) is 29.9 Å². The SMILES string of the molecule is CCCCCCCCN1C=C[N+]=C1C. The predicted octanol–water partition coefficient (Wildman–Crippen LogP) is 2.89. The third-order valence-corrected chi connectivity index (χ3v) is 2.68. The molecule has 0 spiro atoms. The highest BCUT2D eigenvalue weighted by atomic mass is 15.2. The van der Waals surface area contributed by atoms with E-state index in [0.29, 0.717) is 0 Å². The van der Waals surface area contributed by atoms with E-state index < -0.39 is 0 Å². The van der Waals surface area contributed by atoms with E-state index in [1.807, 2.05) is 6.20 Å². The number of unbranched alkanes of at least 4 members (excludes halogenated alkanes) is 5. The molecule has 0 N–H and O–H groups in total. The summed E-state index contributed by atoms with van der Waals surface area (Å²) in [4.78, 5) is 6.44. The molecule has 0 fully saturated rings. The van der Waals surface area contributed by atoms with Gasteiger partial charge in [0.1, 0.15) is 6.20 Å². The summed E-state index contributed by atoms with van der Waals surface area (Å²) < 4.78 is 0. The predicted molar refractivity (Wildman–Crippen MR) is 62.0 cm³/mol. The van der Waals surface area contributed by atoms with E-state index in [1.54, 1.807) is 0 Å². The van der Waals surface area contributed by atoms with Gasteiger partial charge in [0.15, 0.2) is 6.20 Å². The Morgan fingerprint density at radius 1 is 1.14 bits per heavy atom. The van der Waals surface area contributed by atoms with Crippen LogP contribution in [0.4, 0.5) is 0 Å². The molecule has 0 saturated carbocycles. The summed E-state index contributed by atoms with van der Waals surface area (Å²) in [5.74, 6) is 1.14. The maximum atomic E-state index is 4.21. The fourth-order valence-electron chi connectivity index (χ4n) is 1.70. The number of nitrogens with zero attached hydrogens (tertiary/aromatic N) is 2. The van der Waals surface area contributed by atoms with E-state index in [1.165, 1.54) is 38.5 Å². The Morgan fingerprint density at radius 3 is 2.50 bits per heavy atom. The molecule has 79 valence electrons. The minimum absolute atomic E-state index is 1.14. The summed E-state index contributed by atoms with van der Waals surface area (Å²) in [7, 11) is 0. The van der Waals surface area contributed by atoms with Crippen molar-refractivity contribution in [1.82, 2.24) is 9.89 Å². The molecular formula is C12H22N2+. The van der Waals surface area contributed by atoms with Crippen molar-refractivity contribution >= 4 is 5.84 Å². The minimum atomic E-state index is 1.14. The van der Waals surface area contributed by atoms with Gasteiger partial charge in [0, 0.05) is 6.92 Å². The number of hydrogen-bond acceptors (Lipinski definition) is 2. The average molecular weight is 194 g/mol. The van der Waals surface area contributed by atoms with E-state index in [-0.39, 0.29) is 0 Å². The molecule has 0 amide bonds. The van der Waals surface area contributed by atoms with E-state index in [0.717, 1.165) is 12.4 Å². The molecule has 1 rings (SSSR count). The number of rotatable bonds is 7. The Bertz CT molecular complexity index is 206. The molecule has 0 bridgehead atoms. The second-order valence-electron chi connectivity index (χ2n) is 3.94. The van der Waals surface area contributed by atoms with Gasteiger partial charge in [-0.25, -0.2) is 4.90 Å². The zero-order valence-corrected chi connectivity index (χ0v) is 9.50. The summed E-state index contributed by atoms with van der Waals surface area (Å²) in [6.07, 6.45) is 12.1. The third kappa shape index (κ3) is 3.95. The Kier molecular flexibility index (Phi) is 5.35. The molecule has 1 aliphatic heterocycles. The number of amidine groups is 1. The van der Waals surface area contributed by atoms with Crippen LogP contribution in [-0.2, 0) is 0 Å². The molecular weight excluding hydrogens is 172 g/mol. The van der Waals surface area contributed by atoms with Crippen molar-refractivity contribution in [2.24, 2.45) is 0 Å². The molecule has 1 aliphatic rings. The molecule has 0 aromatic rings. The van der Waals surface area contributed by atoms with Crippen molar-refractivity contribution in [3.05, 3.63) is 12.4 Å². The lowest BCUT2D eigenvalue weighted by Gasteiger charge is -2.06. The van der Waals surface area contributed by atoms with Gasteiger partial charge in [-0.15, -0.1) is 0 Å². The first-order valence-electron chi connectivity index (χ1n) is 5.82. The maximum Gasteiger partial charge on any atom is 0.295 e. The van der Waals surface area contributed by atoms with Gasteiger partial charge in [-0.05, 0) is 12.8 Å². The van der Waals surface area contributed by atoms with Crippen LogP contribution in [0.1, 0.15) is 52.4 Å². The standard InChI is InChI=1S/C12H22N2/c1-3-4-5-6-7-8-10-14-11-9-13-12(14)2/h9,11H,3-8,10H2,1-2H3/q+1. The summed E-state index contributed by atoms with van der Waals surface area (Å²) >= 11 is 0. The fourth-order valence-corrected chi connectivity index (χ4v) is 1.70. The first kappa shape index (κ1) is 11.3. The Labute approximate surface area is 87.7 Å². The Morgan fingerprint density at radius 2 is 1.86 bits per heavy atom. The van der Waals surface area contributed by atoms with Crippen LogP contribution in [0.3, 0.4) is 0 Å². The van der Waals surface area contributed by atoms with Crippen LogP contribution in [-0.4, -0.2) is 17.3 Å². The highest BCUT2D eigenvalue weighted by molar-refractivity contribution is 5.81. The molecule has 2 nitrogen and oxygen atoms in total. The molecule has 0 aliphatic carbocycles. The maximum absolute atomic E-state index is 4.21. The largest absolute Gasteiger partial charge is 0.295 e. The van der Waals surface area contributed by atoms with Crippen LogP contribution in [0.2, 0.25) is 0 Å². The van der Waals surface area contributed by atoms with Gasteiger partial charge >= 0.3 is 0 Å². The van der Waals surface area contributed by atoms with Crippen LogP contribution in [0.15, 0.2) is 12.4 Å².